The van der Waals surface area contributed by atoms with Crippen molar-refractivity contribution in [2.45, 2.75) is 10.5 Å². The summed E-state index contributed by atoms with van der Waals surface area (Å²) in [6.45, 7) is 0. The van der Waals surface area contributed by atoms with Gasteiger partial charge in [-0.3, -0.25) is 10.1 Å². The van der Waals surface area contributed by atoms with Gasteiger partial charge in [-0.15, -0.1) is 10.2 Å². The van der Waals surface area contributed by atoms with E-state index in [1.807, 2.05) is 6.26 Å². The first-order valence-electron chi connectivity index (χ1n) is 8.97. The summed E-state index contributed by atoms with van der Waals surface area (Å²) in [7, 11) is 0. The summed E-state index contributed by atoms with van der Waals surface area (Å²) >= 11 is 8.84. The molecule has 1 amide bonds. The molecule has 6 nitrogen and oxygen atoms in total. The van der Waals surface area contributed by atoms with Crippen LogP contribution < -0.4 is 5.32 Å². The molecule has 0 saturated carbocycles. The number of alkyl halides is 3. The normalized spacial score (nSPS) is 11.5. The van der Waals surface area contributed by atoms with Crippen molar-refractivity contribution >= 4 is 45.7 Å². The van der Waals surface area contributed by atoms with Gasteiger partial charge in [-0.05, 0) is 36.6 Å². The lowest BCUT2D eigenvalue weighted by molar-refractivity contribution is -0.141. The molecule has 4 aromatic rings. The van der Waals surface area contributed by atoms with Gasteiger partial charge in [-0.2, -0.15) is 18.3 Å². The second-order valence-electron chi connectivity index (χ2n) is 6.38. The summed E-state index contributed by atoms with van der Waals surface area (Å²) in [4.78, 5) is 12.5. The molecule has 1 N–H and O–H groups in total. The summed E-state index contributed by atoms with van der Waals surface area (Å²) in [6.07, 6.45) is -2.78. The Bertz CT molecular complexity index is 1270. The molecule has 2 heterocycles. The molecule has 0 saturated heterocycles. The number of halogens is 4. The minimum atomic E-state index is -4.63. The molecule has 2 aromatic carbocycles. The number of nitrogens with one attached hydrogen (secondary N) is 1. The van der Waals surface area contributed by atoms with Gasteiger partial charge in [0, 0.05) is 11.1 Å². The van der Waals surface area contributed by atoms with E-state index in [2.05, 4.69) is 20.6 Å². The lowest BCUT2D eigenvalue weighted by Crippen LogP contribution is -2.11. The standard InChI is InChI=1S/C20H13ClF3N5OS2/c1-31-19-27-26-18(32-19)25-17(30)12-8-6-11(7-9-12)15-10-16(20(22,23)24)28-29(15)14-5-3-2-4-13(14)21/h2-10H,1H3,(H,25,26,30). The van der Waals surface area contributed by atoms with Gasteiger partial charge in [0.2, 0.25) is 5.13 Å². The maximum atomic E-state index is 13.3. The number of carbonyl (C=O) groups excluding carboxylic acids is 1. The Kier molecular flexibility index (Phi) is 6.22. The van der Waals surface area contributed by atoms with Crippen LogP contribution in [0.5, 0.6) is 0 Å². The lowest BCUT2D eigenvalue weighted by Gasteiger charge is -2.10. The molecule has 0 aliphatic rings. The fourth-order valence-electron chi connectivity index (χ4n) is 2.84. The Morgan fingerprint density at radius 1 is 1.12 bits per heavy atom. The van der Waals surface area contributed by atoms with E-state index in [4.69, 9.17) is 11.6 Å². The molecule has 0 aliphatic carbocycles. The van der Waals surface area contributed by atoms with E-state index >= 15 is 0 Å². The highest BCUT2D eigenvalue weighted by molar-refractivity contribution is 8.00. The van der Waals surface area contributed by atoms with Crippen molar-refractivity contribution in [2.75, 3.05) is 11.6 Å². The number of anilines is 1. The maximum Gasteiger partial charge on any atom is 0.435 e. The Hall–Kier alpha value is -2.89. The van der Waals surface area contributed by atoms with Gasteiger partial charge in [0.15, 0.2) is 10.0 Å². The highest BCUT2D eigenvalue weighted by atomic mass is 35.5. The summed E-state index contributed by atoms with van der Waals surface area (Å²) in [6, 6.07) is 13.5. The fraction of sp³-hybridized carbons (Fsp3) is 0.100. The van der Waals surface area contributed by atoms with Crippen LogP contribution in [0.3, 0.4) is 0 Å². The van der Waals surface area contributed by atoms with Crippen LogP contribution >= 0.6 is 34.7 Å². The molecule has 0 radical (unpaired) electrons. The van der Waals surface area contributed by atoms with Crippen LogP contribution in [0.2, 0.25) is 5.02 Å². The summed E-state index contributed by atoms with van der Waals surface area (Å²) in [5.74, 6) is -0.407. The van der Waals surface area contributed by atoms with Crippen LogP contribution in [0.25, 0.3) is 16.9 Å². The van der Waals surface area contributed by atoms with Crippen LogP contribution in [0.15, 0.2) is 58.9 Å². The van der Waals surface area contributed by atoms with E-state index in [1.54, 1.807) is 36.4 Å². The predicted molar refractivity (Wildman–Crippen MR) is 119 cm³/mol. The third kappa shape index (κ3) is 4.64. The fourth-order valence-corrected chi connectivity index (χ4v) is 4.22. The maximum absolute atomic E-state index is 13.3. The number of aromatic nitrogens is 4. The predicted octanol–water partition coefficient (Wildman–Crippen LogP) is 6.04. The van der Waals surface area contributed by atoms with Crippen molar-refractivity contribution in [1.29, 1.82) is 0 Å². The van der Waals surface area contributed by atoms with E-state index in [9.17, 15) is 18.0 Å². The van der Waals surface area contributed by atoms with Crippen molar-refractivity contribution in [3.8, 4) is 16.9 Å². The third-order valence-corrected chi connectivity index (χ3v) is 6.46. The molecule has 0 aliphatic heterocycles. The topological polar surface area (TPSA) is 72.7 Å². The van der Waals surface area contributed by atoms with Crippen LogP contribution in [0, 0.1) is 0 Å². The minimum Gasteiger partial charge on any atom is -0.296 e. The molecule has 164 valence electrons. The van der Waals surface area contributed by atoms with Crippen molar-refractivity contribution in [2.24, 2.45) is 0 Å². The van der Waals surface area contributed by atoms with Crippen LogP contribution in [0.4, 0.5) is 18.3 Å². The molecule has 0 spiro atoms. The van der Waals surface area contributed by atoms with Crippen molar-refractivity contribution in [3.05, 3.63) is 70.9 Å². The second kappa shape index (κ2) is 8.93. The van der Waals surface area contributed by atoms with E-state index in [-0.39, 0.29) is 10.7 Å². The molecule has 0 fully saturated rings. The van der Waals surface area contributed by atoms with Crippen LogP contribution in [-0.4, -0.2) is 32.1 Å². The Balaban J connectivity index is 1.67. The third-order valence-electron chi connectivity index (χ3n) is 4.32. The molecule has 0 bridgehead atoms. The average molecular weight is 496 g/mol. The molecule has 32 heavy (non-hydrogen) atoms. The molecule has 4 rings (SSSR count). The first kappa shape index (κ1) is 22.3. The SMILES string of the molecule is CSc1nnc(NC(=O)c2ccc(-c3cc(C(F)(F)F)nn3-c3ccccc3Cl)cc2)s1. The van der Waals surface area contributed by atoms with Gasteiger partial charge >= 0.3 is 6.18 Å². The molecular formula is C20H13ClF3N5OS2. The molecule has 2 aromatic heterocycles. The molecule has 0 unspecified atom stereocenters. The van der Waals surface area contributed by atoms with Crippen molar-refractivity contribution in [1.82, 2.24) is 20.0 Å². The Morgan fingerprint density at radius 2 is 1.84 bits per heavy atom. The molecule has 0 atom stereocenters. The van der Waals surface area contributed by atoms with Gasteiger partial charge < -0.3 is 0 Å². The number of amides is 1. The summed E-state index contributed by atoms with van der Waals surface area (Å²) in [5.41, 5.74) is 0.197. The van der Waals surface area contributed by atoms with E-state index in [0.29, 0.717) is 26.3 Å². The number of nitrogens with zero attached hydrogens (tertiary/aromatic N) is 4. The van der Waals surface area contributed by atoms with Gasteiger partial charge in [0.05, 0.1) is 16.4 Å². The number of benzene rings is 2. The number of rotatable bonds is 5. The van der Waals surface area contributed by atoms with Crippen LogP contribution in [0.1, 0.15) is 16.1 Å². The van der Waals surface area contributed by atoms with Crippen LogP contribution in [-0.2, 0) is 6.18 Å². The summed E-state index contributed by atoms with van der Waals surface area (Å²) in [5, 5.41) is 14.8. The molecule has 12 heteroatoms. The van der Waals surface area contributed by atoms with Gasteiger partial charge in [0.25, 0.3) is 5.91 Å². The first-order valence-corrected chi connectivity index (χ1v) is 11.4. The van der Waals surface area contributed by atoms with Gasteiger partial charge in [0.1, 0.15) is 0 Å². The Morgan fingerprint density at radius 3 is 2.47 bits per heavy atom. The zero-order chi connectivity index (χ0) is 22.9. The number of carbonyl (C=O) groups is 1. The minimum absolute atomic E-state index is 0.186. The zero-order valence-electron chi connectivity index (χ0n) is 16.2. The van der Waals surface area contributed by atoms with E-state index < -0.39 is 17.8 Å². The second-order valence-corrected chi connectivity index (χ2v) is 8.82. The zero-order valence-corrected chi connectivity index (χ0v) is 18.6. The Labute approximate surface area is 193 Å². The largest absolute Gasteiger partial charge is 0.435 e. The smallest absolute Gasteiger partial charge is 0.296 e. The number of hydrogen-bond acceptors (Lipinski definition) is 6. The quantitative estimate of drug-likeness (QED) is 0.270. The average Bonchev–Trinajstić information content (AvgIpc) is 3.41. The monoisotopic (exact) mass is 495 g/mol. The van der Waals surface area contributed by atoms with Gasteiger partial charge in [-0.1, -0.05) is 59.0 Å². The number of para-hydroxylation sites is 1. The van der Waals surface area contributed by atoms with E-state index in [1.165, 1.54) is 35.2 Å². The first-order chi connectivity index (χ1) is 15.3. The highest BCUT2D eigenvalue weighted by Gasteiger charge is 2.35. The van der Waals surface area contributed by atoms with Crippen molar-refractivity contribution < 1.29 is 18.0 Å². The van der Waals surface area contributed by atoms with Gasteiger partial charge in [-0.25, -0.2) is 4.68 Å². The number of hydrogen-bond donors (Lipinski definition) is 1. The number of thioether (sulfide) groups is 1. The summed E-state index contributed by atoms with van der Waals surface area (Å²) < 4.78 is 41.9. The highest BCUT2D eigenvalue weighted by Crippen LogP contribution is 2.34. The van der Waals surface area contributed by atoms with Crippen molar-refractivity contribution in [3.63, 3.8) is 0 Å². The van der Waals surface area contributed by atoms with E-state index in [0.717, 1.165) is 10.7 Å². The lowest BCUT2D eigenvalue weighted by atomic mass is 10.1. The molecular weight excluding hydrogens is 483 g/mol.